The Balaban J connectivity index is 1.48. The van der Waals surface area contributed by atoms with E-state index in [0.29, 0.717) is 22.1 Å². The number of carbonyl (C=O) groups is 1. The van der Waals surface area contributed by atoms with Gasteiger partial charge in [-0.05, 0) is 59.7 Å². The summed E-state index contributed by atoms with van der Waals surface area (Å²) in [4.78, 5) is 13.9. The van der Waals surface area contributed by atoms with Crippen LogP contribution in [-0.2, 0) is 17.5 Å². The van der Waals surface area contributed by atoms with Crippen molar-refractivity contribution in [2.24, 2.45) is 0 Å². The molecule has 0 spiro atoms. The number of nitrogens with zero attached hydrogens (tertiary/aromatic N) is 1. The second kappa shape index (κ2) is 8.61. The SMILES string of the molecule is O=C1CN[C@H](c2cccc(C(F)(F)F)c2)N1Cc1ccc(Oc2ccc(Cl)cc2)cc1. The second-order valence-electron chi connectivity index (χ2n) is 7.13. The van der Waals surface area contributed by atoms with Crippen LogP contribution >= 0.6 is 11.6 Å². The summed E-state index contributed by atoms with van der Waals surface area (Å²) >= 11 is 5.87. The molecule has 1 fully saturated rings. The molecule has 0 aliphatic carbocycles. The fourth-order valence-electron chi connectivity index (χ4n) is 3.40. The van der Waals surface area contributed by atoms with Crippen LogP contribution in [0.25, 0.3) is 0 Å². The Morgan fingerprint density at radius 1 is 1.00 bits per heavy atom. The summed E-state index contributed by atoms with van der Waals surface area (Å²) in [6.45, 7) is 0.326. The summed E-state index contributed by atoms with van der Waals surface area (Å²) in [6, 6.07) is 19.2. The molecule has 1 atom stereocenters. The molecular formula is C23H18ClF3N2O2. The van der Waals surface area contributed by atoms with Gasteiger partial charge in [-0.2, -0.15) is 13.2 Å². The largest absolute Gasteiger partial charge is 0.457 e. The van der Waals surface area contributed by atoms with Gasteiger partial charge in [0.2, 0.25) is 5.91 Å². The van der Waals surface area contributed by atoms with Crippen molar-refractivity contribution in [3.63, 3.8) is 0 Å². The first-order chi connectivity index (χ1) is 14.8. The normalized spacial score (nSPS) is 16.6. The van der Waals surface area contributed by atoms with Gasteiger partial charge in [0.05, 0.1) is 12.1 Å². The van der Waals surface area contributed by atoms with Gasteiger partial charge >= 0.3 is 6.18 Å². The summed E-state index contributed by atoms with van der Waals surface area (Å²) in [7, 11) is 0. The molecule has 3 aromatic carbocycles. The molecule has 4 rings (SSSR count). The molecule has 0 unspecified atom stereocenters. The molecule has 31 heavy (non-hydrogen) atoms. The Labute approximate surface area is 182 Å². The van der Waals surface area contributed by atoms with E-state index in [9.17, 15) is 18.0 Å². The lowest BCUT2D eigenvalue weighted by Gasteiger charge is -2.25. The fourth-order valence-corrected chi connectivity index (χ4v) is 3.53. The van der Waals surface area contributed by atoms with E-state index in [2.05, 4.69) is 5.32 Å². The van der Waals surface area contributed by atoms with Crippen molar-refractivity contribution in [1.29, 1.82) is 0 Å². The van der Waals surface area contributed by atoms with Crippen LogP contribution in [0.1, 0.15) is 22.9 Å². The van der Waals surface area contributed by atoms with Gasteiger partial charge in [-0.3, -0.25) is 10.1 Å². The van der Waals surface area contributed by atoms with Crippen molar-refractivity contribution in [2.75, 3.05) is 6.54 Å². The van der Waals surface area contributed by atoms with E-state index >= 15 is 0 Å². The minimum atomic E-state index is -4.44. The van der Waals surface area contributed by atoms with E-state index in [1.54, 1.807) is 42.5 Å². The van der Waals surface area contributed by atoms with E-state index < -0.39 is 17.9 Å². The number of halogens is 4. The molecule has 1 amide bonds. The Kier molecular flexibility index (Phi) is 5.89. The number of alkyl halides is 3. The maximum atomic E-state index is 13.1. The van der Waals surface area contributed by atoms with Gasteiger partial charge in [-0.15, -0.1) is 0 Å². The first kappa shape index (κ1) is 21.2. The minimum absolute atomic E-state index is 0.0681. The molecule has 0 radical (unpaired) electrons. The van der Waals surface area contributed by atoms with E-state index in [0.717, 1.165) is 17.7 Å². The third-order valence-electron chi connectivity index (χ3n) is 4.93. The summed E-state index contributed by atoms with van der Waals surface area (Å²) in [5.41, 5.74) is 0.482. The van der Waals surface area contributed by atoms with Gasteiger partial charge in [0.15, 0.2) is 0 Å². The van der Waals surface area contributed by atoms with Crippen LogP contribution in [0.3, 0.4) is 0 Å². The second-order valence-corrected chi connectivity index (χ2v) is 7.56. The molecule has 4 nitrogen and oxygen atoms in total. The zero-order chi connectivity index (χ0) is 22.0. The van der Waals surface area contributed by atoms with Gasteiger partial charge in [-0.25, -0.2) is 0 Å². The predicted molar refractivity (Wildman–Crippen MR) is 111 cm³/mol. The molecule has 8 heteroatoms. The average Bonchev–Trinajstić information content (AvgIpc) is 3.11. The molecule has 1 N–H and O–H groups in total. The Hall–Kier alpha value is -3.03. The first-order valence-corrected chi connectivity index (χ1v) is 9.90. The molecule has 1 aliphatic rings. The van der Waals surface area contributed by atoms with Crippen LogP contribution in [0, 0.1) is 0 Å². The number of hydrogen-bond acceptors (Lipinski definition) is 3. The topological polar surface area (TPSA) is 41.6 Å². The average molecular weight is 447 g/mol. The van der Waals surface area contributed by atoms with Crippen LogP contribution in [0.4, 0.5) is 13.2 Å². The number of hydrogen-bond donors (Lipinski definition) is 1. The highest BCUT2D eigenvalue weighted by molar-refractivity contribution is 6.30. The Morgan fingerprint density at radius 2 is 1.65 bits per heavy atom. The molecule has 1 aliphatic heterocycles. The minimum Gasteiger partial charge on any atom is -0.457 e. The third-order valence-corrected chi connectivity index (χ3v) is 5.19. The first-order valence-electron chi connectivity index (χ1n) is 9.52. The van der Waals surface area contributed by atoms with Crippen molar-refractivity contribution in [3.8, 4) is 11.5 Å². The number of nitrogens with one attached hydrogen (secondary N) is 1. The standard InChI is InChI=1S/C23H18ClF3N2O2/c24-18-6-10-20(11-7-18)31-19-8-4-15(5-9-19)14-29-21(30)13-28-22(29)16-2-1-3-17(12-16)23(25,26)27/h1-12,22,28H,13-14H2/t22-/m0/s1. The molecule has 1 heterocycles. The Morgan fingerprint density at radius 3 is 2.29 bits per heavy atom. The lowest BCUT2D eigenvalue weighted by atomic mass is 10.1. The zero-order valence-corrected chi connectivity index (χ0v) is 17.0. The van der Waals surface area contributed by atoms with Crippen molar-refractivity contribution < 1.29 is 22.7 Å². The van der Waals surface area contributed by atoms with Crippen molar-refractivity contribution in [1.82, 2.24) is 10.2 Å². The molecule has 0 bridgehead atoms. The van der Waals surface area contributed by atoms with E-state index in [-0.39, 0.29) is 19.0 Å². The highest BCUT2D eigenvalue weighted by Crippen LogP contribution is 2.33. The smallest absolute Gasteiger partial charge is 0.416 e. The number of benzene rings is 3. The fraction of sp³-hybridized carbons (Fsp3) is 0.174. The summed E-state index contributed by atoms with van der Waals surface area (Å²) < 4.78 is 45.0. The molecule has 1 saturated heterocycles. The molecule has 0 saturated carbocycles. The van der Waals surface area contributed by atoms with Crippen molar-refractivity contribution in [3.05, 3.63) is 94.5 Å². The lowest BCUT2D eigenvalue weighted by molar-refractivity contribution is -0.137. The van der Waals surface area contributed by atoms with Crippen LogP contribution in [-0.4, -0.2) is 17.4 Å². The summed E-state index contributed by atoms with van der Waals surface area (Å²) in [6.07, 6.45) is -5.07. The maximum Gasteiger partial charge on any atom is 0.416 e. The van der Waals surface area contributed by atoms with Crippen molar-refractivity contribution in [2.45, 2.75) is 18.9 Å². The highest BCUT2D eigenvalue weighted by atomic mass is 35.5. The maximum absolute atomic E-state index is 13.1. The summed E-state index contributed by atoms with van der Waals surface area (Å²) in [5, 5.41) is 3.61. The highest BCUT2D eigenvalue weighted by Gasteiger charge is 2.35. The number of amides is 1. The lowest BCUT2D eigenvalue weighted by Crippen LogP contribution is -2.30. The zero-order valence-electron chi connectivity index (χ0n) is 16.2. The van der Waals surface area contributed by atoms with Gasteiger partial charge in [0, 0.05) is 11.6 Å². The number of ether oxygens (including phenoxy) is 1. The van der Waals surface area contributed by atoms with Crippen LogP contribution in [0.2, 0.25) is 5.02 Å². The molecule has 3 aromatic rings. The van der Waals surface area contributed by atoms with E-state index in [1.807, 2.05) is 12.1 Å². The number of carbonyl (C=O) groups excluding carboxylic acids is 1. The Bertz CT molecular complexity index is 1070. The van der Waals surface area contributed by atoms with Crippen LogP contribution in [0.5, 0.6) is 11.5 Å². The molecule has 160 valence electrons. The monoisotopic (exact) mass is 446 g/mol. The quantitative estimate of drug-likeness (QED) is 0.540. The van der Waals surface area contributed by atoms with Crippen molar-refractivity contribution >= 4 is 17.5 Å². The van der Waals surface area contributed by atoms with Crippen LogP contribution < -0.4 is 10.1 Å². The predicted octanol–water partition coefficient (Wildman–Crippen LogP) is 5.78. The molecule has 0 aromatic heterocycles. The van der Waals surface area contributed by atoms with Gasteiger partial charge in [0.1, 0.15) is 17.7 Å². The third kappa shape index (κ3) is 5.00. The number of rotatable bonds is 5. The van der Waals surface area contributed by atoms with E-state index in [1.165, 1.54) is 11.0 Å². The van der Waals surface area contributed by atoms with E-state index in [4.69, 9.17) is 16.3 Å². The summed E-state index contributed by atoms with van der Waals surface area (Å²) in [5.74, 6) is 1.08. The van der Waals surface area contributed by atoms with Gasteiger partial charge < -0.3 is 9.64 Å². The van der Waals surface area contributed by atoms with Gasteiger partial charge in [-0.1, -0.05) is 35.9 Å². The molecular weight excluding hydrogens is 429 g/mol. The van der Waals surface area contributed by atoms with Gasteiger partial charge in [0.25, 0.3) is 0 Å². The van der Waals surface area contributed by atoms with Crippen LogP contribution in [0.15, 0.2) is 72.8 Å².